The number of rotatable bonds is 4. The Bertz CT molecular complexity index is 1330. The molecule has 0 saturated carbocycles. The Hall–Kier alpha value is -3.85. The van der Waals surface area contributed by atoms with Crippen molar-refractivity contribution < 1.29 is 4.74 Å². The number of nitrogens with zero attached hydrogens (tertiary/aromatic N) is 3. The fourth-order valence-electron chi connectivity index (χ4n) is 3.26. The van der Waals surface area contributed by atoms with E-state index < -0.39 is 0 Å². The number of hydrogen-bond donors (Lipinski definition) is 1. The van der Waals surface area contributed by atoms with Gasteiger partial charge in [0.25, 0.3) is 5.56 Å². The van der Waals surface area contributed by atoms with Gasteiger partial charge < -0.3 is 10.1 Å². The number of benzene rings is 2. The lowest BCUT2D eigenvalue weighted by Gasteiger charge is -2.06. The molecule has 2 aromatic heterocycles. The molecule has 138 valence electrons. The van der Waals surface area contributed by atoms with E-state index in [0.717, 1.165) is 11.4 Å². The van der Waals surface area contributed by atoms with E-state index in [9.17, 15) is 10.1 Å². The minimum Gasteiger partial charge on any atom is -0.494 e. The van der Waals surface area contributed by atoms with Crippen molar-refractivity contribution in [3.05, 3.63) is 75.2 Å². The van der Waals surface area contributed by atoms with E-state index in [2.05, 4.69) is 16.4 Å². The van der Waals surface area contributed by atoms with Crippen LogP contribution >= 0.6 is 0 Å². The van der Waals surface area contributed by atoms with Crippen LogP contribution in [0, 0.1) is 18.3 Å². The molecule has 0 bridgehead atoms. The number of nitrogens with one attached hydrogen (secondary N) is 1. The molecule has 0 radical (unpaired) electrons. The van der Waals surface area contributed by atoms with Gasteiger partial charge in [0.1, 0.15) is 11.8 Å². The van der Waals surface area contributed by atoms with E-state index in [1.54, 1.807) is 13.1 Å². The molecule has 4 rings (SSSR count). The average Bonchev–Trinajstić information content (AvgIpc) is 3.09. The highest BCUT2D eigenvalue weighted by molar-refractivity contribution is 5.82. The second-order valence-electron chi connectivity index (χ2n) is 6.34. The molecule has 0 amide bonds. The Morgan fingerprint density at radius 2 is 1.96 bits per heavy atom. The molecule has 0 atom stereocenters. The van der Waals surface area contributed by atoms with E-state index in [4.69, 9.17) is 4.74 Å². The van der Waals surface area contributed by atoms with E-state index in [0.29, 0.717) is 39.6 Å². The first-order valence-corrected chi connectivity index (χ1v) is 8.97. The second kappa shape index (κ2) is 7.05. The molecule has 6 heteroatoms. The van der Waals surface area contributed by atoms with E-state index in [1.807, 2.05) is 55.5 Å². The van der Waals surface area contributed by atoms with Crippen LogP contribution in [-0.2, 0) is 0 Å². The van der Waals surface area contributed by atoms with Gasteiger partial charge in [0.2, 0.25) is 0 Å². The third-order valence-electron chi connectivity index (χ3n) is 4.66. The van der Waals surface area contributed by atoms with Gasteiger partial charge in [-0.2, -0.15) is 5.26 Å². The number of nitriles is 1. The van der Waals surface area contributed by atoms with Crippen LogP contribution < -0.4 is 20.8 Å². The molecule has 28 heavy (non-hydrogen) atoms. The predicted octanol–water partition coefficient (Wildman–Crippen LogP) is 3.00. The molecule has 0 fully saturated rings. The molecule has 0 aliphatic carbocycles. The monoisotopic (exact) mass is 370 g/mol. The minimum atomic E-state index is -0.210. The second-order valence-corrected chi connectivity index (χ2v) is 6.34. The fourth-order valence-corrected chi connectivity index (χ4v) is 3.26. The lowest BCUT2D eigenvalue weighted by atomic mass is 10.1. The first-order valence-electron chi connectivity index (χ1n) is 8.97. The highest BCUT2D eigenvalue weighted by Gasteiger charge is 2.15. The summed E-state index contributed by atoms with van der Waals surface area (Å²) < 4.78 is 6.94. The minimum absolute atomic E-state index is 0.210. The predicted molar refractivity (Wildman–Crippen MR) is 109 cm³/mol. The zero-order valence-corrected chi connectivity index (χ0v) is 15.6. The standard InChI is InChI=1S/C22H18N4O2/c1-3-28-16-10-8-15(9-11-16)24-13-18-14(2)17(12-23)21-25-19-6-4-5-7-20(19)26(21)22(18)27/h4-11,13,24H,3H2,1-2H3/b18-13-. The number of imidazole rings is 1. The van der Waals surface area contributed by atoms with Crippen LogP contribution in [0.25, 0.3) is 22.9 Å². The van der Waals surface area contributed by atoms with Gasteiger partial charge >= 0.3 is 0 Å². The normalized spacial score (nSPS) is 11.7. The van der Waals surface area contributed by atoms with E-state index >= 15 is 0 Å². The van der Waals surface area contributed by atoms with Crippen LogP contribution in [0.5, 0.6) is 5.75 Å². The maximum absolute atomic E-state index is 13.2. The van der Waals surface area contributed by atoms with Gasteiger partial charge in [-0.05, 0) is 55.8 Å². The van der Waals surface area contributed by atoms with Crippen LogP contribution in [0.2, 0.25) is 0 Å². The van der Waals surface area contributed by atoms with Crippen molar-refractivity contribution >= 4 is 28.6 Å². The van der Waals surface area contributed by atoms with Gasteiger partial charge in [0, 0.05) is 11.9 Å². The van der Waals surface area contributed by atoms with Crippen molar-refractivity contribution in [3.63, 3.8) is 0 Å². The smallest absolute Gasteiger partial charge is 0.265 e. The number of aromatic nitrogens is 2. The van der Waals surface area contributed by atoms with Gasteiger partial charge in [-0.15, -0.1) is 0 Å². The van der Waals surface area contributed by atoms with Crippen molar-refractivity contribution in [2.75, 3.05) is 11.9 Å². The quantitative estimate of drug-likeness (QED) is 0.597. The third kappa shape index (κ3) is 2.83. The molecule has 1 N–H and O–H groups in total. The number of pyridine rings is 1. The Morgan fingerprint density at radius 1 is 1.21 bits per heavy atom. The first kappa shape index (κ1) is 17.6. The summed E-state index contributed by atoms with van der Waals surface area (Å²) >= 11 is 0. The molecule has 0 unspecified atom stereocenters. The summed E-state index contributed by atoms with van der Waals surface area (Å²) in [7, 11) is 0. The van der Waals surface area contributed by atoms with Crippen molar-refractivity contribution in [3.8, 4) is 11.8 Å². The van der Waals surface area contributed by atoms with Crippen LogP contribution in [-0.4, -0.2) is 16.0 Å². The molecule has 0 spiro atoms. The Morgan fingerprint density at radius 3 is 2.68 bits per heavy atom. The summed E-state index contributed by atoms with van der Waals surface area (Å²) in [4.78, 5) is 17.7. The molecule has 2 heterocycles. The van der Waals surface area contributed by atoms with Gasteiger partial charge in [0.05, 0.1) is 28.4 Å². The summed E-state index contributed by atoms with van der Waals surface area (Å²) in [6, 6.07) is 17.0. The highest BCUT2D eigenvalue weighted by Crippen LogP contribution is 2.18. The first-order chi connectivity index (χ1) is 13.6. The topological polar surface area (TPSA) is 79.4 Å². The average molecular weight is 370 g/mol. The lowest BCUT2D eigenvalue weighted by molar-refractivity contribution is 0.340. The molecular weight excluding hydrogens is 352 g/mol. The van der Waals surface area contributed by atoms with Gasteiger partial charge in [0.15, 0.2) is 5.65 Å². The van der Waals surface area contributed by atoms with Crippen LogP contribution in [0.3, 0.4) is 0 Å². The molecule has 0 saturated heterocycles. The van der Waals surface area contributed by atoms with Crippen molar-refractivity contribution in [2.45, 2.75) is 13.8 Å². The van der Waals surface area contributed by atoms with Crippen molar-refractivity contribution in [1.29, 1.82) is 5.26 Å². The molecular formula is C22H18N4O2. The van der Waals surface area contributed by atoms with Gasteiger partial charge in [-0.25, -0.2) is 4.98 Å². The summed E-state index contributed by atoms with van der Waals surface area (Å²) in [5.41, 5.74) is 3.38. The number of hydrogen-bond acceptors (Lipinski definition) is 5. The van der Waals surface area contributed by atoms with Gasteiger partial charge in [-0.3, -0.25) is 9.20 Å². The van der Waals surface area contributed by atoms with Crippen LogP contribution in [0.15, 0.2) is 53.3 Å². The highest BCUT2D eigenvalue weighted by atomic mass is 16.5. The molecule has 0 aliphatic rings. The van der Waals surface area contributed by atoms with E-state index in [1.165, 1.54) is 4.40 Å². The number of para-hydroxylation sites is 2. The van der Waals surface area contributed by atoms with Crippen LogP contribution in [0.1, 0.15) is 18.1 Å². The Kier molecular flexibility index (Phi) is 4.42. The molecule has 4 aromatic rings. The number of ether oxygens (including phenoxy) is 1. The number of fused-ring (bicyclic) bond motifs is 3. The maximum atomic E-state index is 13.2. The van der Waals surface area contributed by atoms with Crippen molar-refractivity contribution in [1.82, 2.24) is 9.38 Å². The van der Waals surface area contributed by atoms with Crippen LogP contribution in [0.4, 0.5) is 5.69 Å². The SMILES string of the molecule is CCOc1ccc(N/C=c2/c(C)c(C#N)c3nc4ccccc4n3c2=O)cc1. The summed E-state index contributed by atoms with van der Waals surface area (Å²) in [5, 5.41) is 13.2. The Labute approximate surface area is 161 Å². The summed E-state index contributed by atoms with van der Waals surface area (Å²) in [5.74, 6) is 0.784. The summed E-state index contributed by atoms with van der Waals surface area (Å²) in [6.07, 6.45) is 1.64. The third-order valence-corrected chi connectivity index (χ3v) is 4.66. The zero-order valence-electron chi connectivity index (χ0n) is 15.6. The fraction of sp³-hybridized carbons (Fsp3) is 0.136. The zero-order chi connectivity index (χ0) is 19.7. The molecule has 0 aliphatic heterocycles. The lowest BCUT2D eigenvalue weighted by Crippen LogP contribution is -2.34. The van der Waals surface area contributed by atoms with Crippen molar-refractivity contribution in [2.24, 2.45) is 0 Å². The maximum Gasteiger partial charge on any atom is 0.265 e. The van der Waals surface area contributed by atoms with E-state index in [-0.39, 0.29) is 5.56 Å². The largest absolute Gasteiger partial charge is 0.494 e. The number of anilines is 1. The summed E-state index contributed by atoms with van der Waals surface area (Å²) in [6.45, 7) is 4.31. The Balaban J connectivity index is 1.89. The van der Waals surface area contributed by atoms with Gasteiger partial charge in [-0.1, -0.05) is 12.1 Å². The molecule has 2 aromatic carbocycles. The molecule has 6 nitrogen and oxygen atoms in total.